The zero-order chi connectivity index (χ0) is 38.6. The Morgan fingerprint density at radius 1 is 0.750 bits per heavy atom. The van der Waals surface area contributed by atoms with Crippen molar-refractivity contribution in [2.75, 3.05) is 20.3 Å². The van der Waals surface area contributed by atoms with Gasteiger partial charge >= 0.3 is 17.9 Å². The first-order valence-electron chi connectivity index (χ1n) is 18.1. The first-order chi connectivity index (χ1) is 24.4. The van der Waals surface area contributed by atoms with Crippen LogP contribution in [-0.4, -0.2) is 72.6 Å². The van der Waals surface area contributed by atoms with Crippen LogP contribution in [0.5, 0.6) is 0 Å². The Labute approximate surface area is 309 Å². The third-order valence-corrected chi connectivity index (χ3v) is 8.47. The third-order valence-electron chi connectivity index (χ3n) is 8.47. The molecule has 3 rings (SSSR count). The predicted octanol–water partition coefficient (Wildman–Crippen LogP) is 8.00. The van der Waals surface area contributed by atoms with Crippen molar-refractivity contribution in [3.05, 3.63) is 83.4 Å². The molecule has 0 aliphatic carbocycles. The summed E-state index contributed by atoms with van der Waals surface area (Å²) in [5.41, 5.74) is 0.545. The number of esters is 3. The van der Waals surface area contributed by atoms with Gasteiger partial charge in [0, 0.05) is 44.6 Å². The van der Waals surface area contributed by atoms with Crippen molar-refractivity contribution in [3.63, 3.8) is 0 Å². The van der Waals surface area contributed by atoms with Gasteiger partial charge in [-0.05, 0) is 102 Å². The van der Waals surface area contributed by atoms with E-state index in [9.17, 15) is 19.2 Å². The normalized spacial score (nSPS) is 13.7. The molecule has 10 heteroatoms. The molecule has 0 aromatic heterocycles. The molecule has 10 nitrogen and oxygen atoms in total. The molecule has 3 atom stereocenters. The van der Waals surface area contributed by atoms with E-state index in [1.165, 1.54) is 7.11 Å². The minimum atomic E-state index is -1.08. The lowest BCUT2D eigenvalue weighted by Crippen LogP contribution is -2.44. The Hall–Kier alpha value is -4.28. The summed E-state index contributed by atoms with van der Waals surface area (Å²) < 4.78 is 28.2. The van der Waals surface area contributed by atoms with E-state index < -0.39 is 47.4 Å². The number of carbonyl (C=O) groups excluding carboxylic acids is 4. The molecule has 284 valence electrons. The minimum Gasteiger partial charge on any atom is -0.465 e. The molecule has 0 N–H and O–H groups in total. The minimum absolute atomic E-state index is 0.225. The van der Waals surface area contributed by atoms with Gasteiger partial charge in [-0.2, -0.15) is 0 Å². The summed E-state index contributed by atoms with van der Waals surface area (Å²) in [5, 5.41) is 2.10. The van der Waals surface area contributed by atoms with Crippen molar-refractivity contribution in [2.45, 2.75) is 118 Å². The molecule has 0 aliphatic rings. The Morgan fingerprint density at radius 3 is 1.90 bits per heavy atom. The molecule has 0 radical (unpaired) electrons. The zero-order valence-electron chi connectivity index (χ0n) is 32.5. The molecule has 3 aromatic carbocycles. The van der Waals surface area contributed by atoms with Crippen molar-refractivity contribution in [1.29, 1.82) is 0 Å². The van der Waals surface area contributed by atoms with E-state index >= 15 is 0 Å². The molecule has 2 unspecified atom stereocenters. The Balaban J connectivity index is 2.11. The molecular formula is C42H57NO9. The van der Waals surface area contributed by atoms with Crippen molar-refractivity contribution < 1.29 is 42.9 Å². The molecule has 0 spiro atoms. The number of nitrogens with zero attached hydrogens (tertiary/aromatic N) is 1. The number of hydrogen-bond acceptors (Lipinski definition) is 9. The average molecular weight is 720 g/mol. The Kier molecular flexibility index (Phi) is 15.4. The quantitative estimate of drug-likeness (QED) is 0.0777. The number of carbonyl (C=O) groups is 4. The molecule has 52 heavy (non-hydrogen) atoms. The van der Waals surface area contributed by atoms with Gasteiger partial charge in [-0.3, -0.25) is 14.4 Å². The highest BCUT2D eigenvalue weighted by molar-refractivity contribution is 5.89. The molecule has 0 fully saturated rings. The Morgan fingerprint density at radius 2 is 1.35 bits per heavy atom. The summed E-state index contributed by atoms with van der Waals surface area (Å²) in [4.78, 5) is 55.4. The highest BCUT2D eigenvalue weighted by Crippen LogP contribution is 2.33. The van der Waals surface area contributed by atoms with Crippen molar-refractivity contribution in [2.24, 2.45) is 5.92 Å². The summed E-state index contributed by atoms with van der Waals surface area (Å²) in [6.07, 6.45) is -0.761. The van der Waals surface area contributed by atoms with E-state index in [4.69, 9.17) is 23.7 Å². The standard InChI is InChI=1S/C42H57NO9/c1-11-49-38(50-12-2)26-35(31-19-21-32(22-20-31)39(46)48-10)28(3)43(27-29-17-18-30-15-13-14-16-33(30)23-29)36(44)24-34(40(47)52-42(7,8)9)25-37(45)51-41(4,5)6/h13-23,28,34-35,38H,11-12,24-27H2,1-10H3/t28?,34-,35?/m1/s1. The zero-order valence-corrected chi connectivity index (χ0v) is 32.5. The molecule has 0 saturated heterocycles. The number of rotatable bonds is 17. The van der Waals surface area contributed by atoms with Crippen LogP contribution in [0.4, 0.5) is 0 Å². The van der Waals surface area contributed by atoms with Crippen LogP contribution in [0.3, 0.4) is 0 Å². The molecule has 0 saturated carbocycles. The monoisotopic (exact) mass is 719 g/mol. The first kappa shape index (κ1) is 42.1. The van der Waals surface area contributed by atoms with E-state index in [-0.39, 0.29) is 31.2 Å². The Bertz CT molecular complexity index is 1630. The van der Waals surface area contributed by atoms with Crippen molar-refractivity contribution in [3.8, 4) is 0 Å². The summed E-state index contributed by atoms with van der Waals surface area (Å²) in [6.45, 7) is 17.3. The van der Waals surface area contributed by atoms with E-state index in [2.05, 4.69) is 6.07 Å². The number of ether oxygens (including phenoxy) is 5. The topological polar surface area (TPSA) is 118 Å². The first-order valence-corrected chi connectivity index (χ1v) is 18.1. The van der Waals surface area contributed by atoms with Crippen molar-refractivity contribution in [1.82, 2.24) is 4.90 Å². The van der Waals surface area contributed by atoms with Gasteiger partial charge in [0.15, 0.2) is 6.29 Å². The molecule has 0 aliphatic heterocycles. The van der Waals surface area contributed by atoms with Crippen LogP contribution in [0.1, 0.15) is 109 Å². The average Bonchev–Trinajstić information content (AvgIpc) is 3.07. The summed E-state index contributed by atoms with van der Waals surface area (Å²) >= 11 is 0. The highest BCUT2D eigenvalue weighted by Gasteiger charge is 2.36. The highest BCUT2D eigenvalue weighted by atomic mass is 16.7. The molecule has 1 amide bonds. The fourth-order valence-electron chi connectivity index (χ4n) is 6.11. The number of amides is 1. The summed E-state index contributed by atoms with van der Waals surface area (Å²) in [6, 6.07) is 20.7. The van der Waals surface area contributed by atoms with Crippen LogP contribution in [0.2, 0.25) is 0 Å². The molecular weight excluding hydrogens is 662 g/mol. The van der Waals surface area contributed by atoms with Gasteiger partial charge in [-0.25, -0.2) is 4.79 Å². The molecule has 0 bridgehead atoms. The second-order valence-electron chi connectivity index (χ2n) is 15.0. The second-order valence-corrected chi connectivity index (χ2v) is 15.0. The van der Waals surface area contributed by atoms with Crippen LogP contribution in [-0.2, 0) is 44.6 Å². The van der Waals surface area contributed by atoms with Gasteiger partial charge < -0.3 is 28.6 Å². The number of fused-ring (bicyclic) bond motifs is 1. The van der Waals surface area contributed by atoms with Gasteiger partial charge in [0.05, 0.1) is 25.0 Å². The van der Waals surface area contributed by atoms with Gasteiger partial charge in [-0.15, -0.1) is 0 Å². The van der Waals surface area contributed by atoms with Crippen LogP contribution >= 0.6 is 0 Å². The van der Waals surface area contributed by atoms with E-state index in [0.29, 0.717) is 25.2 Å². The van der Waals surface area contributed by atoms with Gasteiger partial charge in [-0.1, -0.05) is 48.5 Å². The number of hydrogen-bond donors (Lipinski definition) is 0. The summed E-state index contributed by atoms with van der Waals surface area (Å²) in [5.74, 6) is -3.43. The smallest absolute Gasteiger partial charge is 0.337 e. The van der Waals surface area contributed by atoms with Gasteiger partial charge in [0.2, 0.25) is 5.91 Å². The second kappa shape index (κ2) is 19.0. The van der Waals surface area contributed by atoms with E-state index in [1.807, 2.05) is 69.3 Å². The van der Waals surface area contributed by atoms with E-state index in [0.717, 1.165) is 21.9 Å². The maximum Gasteiger partial charge on any atom is 0.337 e. The molecule has 0 heterocycles. The van der Waals surface area contributed by atoms with Crippen LogP contribution < -0.4 is 0 Å². The lowest BCUT2D eigenvalue weighted by Gasteiger charge is -2.37. The SMILES string of the molecule is CCOC(CC(c1ccc(C(=O)OC)cc1)C(C)N(Cc1ccc2ccccc2c1)C(=O)C[C@H](CC(=O)OC(C)(C)C)C(=O)OC(C)(C)C)OCC. The fourth-order valence-corrected chi connectivity index (χ4v) is 6.11. The van der Waals surface area contributed by atoms with Crippen molar-refractivity contribution >= 4 is 34.6 Å². The lowest BCUT2D eigenvalue weighted by atomic mass is 9.86. The maximum absolute atomic E-state index is 14.7. The van der Waals surface area contributed by atoms with Gasteiger partial charge in [0.25, 0.3) is 0 Å². The van der Waals surface area contributed by atoms with Crippen LogP contribution in [0.25, 0.3) is 10.8 Å². The molecule has 3 aromatic rings. The number of benzene rings is 3. The third kappa shape index (κ3) is 13.0. The summed E-state index contributed by atoms with van der Waals surface area (Å²) in [7, 11) is 1.33. The fraction of sp³-hybridized carbons (Fsp3) is 0.524. The number of methoxy groups -OCH3 is 1. The van der Waals surface area contributed by atoms with Gasteiger partial charge in [0.1, 0.15) is 11.2 Å². The lowest BCUT2D eigenvalue weighted by molar-refractivity contribution is -0.169. The van der Waals surface area contributed by atoms with Crippen LogP contribution in [0, 0.1) is 5.92 Å². The maximum atomic E-state index is 14.7. The predicted molar refractivity (Wildman–Crippen MR) is 201 cm³/mol. The largest absolute Gasteiger partial charge is 0.465 e. The van der Waals surface area contributed by atoms with E-state index in [1.54, 1.807) is 58.6 Å². The van der Waals surface area contributed by atoms with Crippen LogP contribution in [0.15, 0.2) is 66.7 Å².